The molecule has 8 nitrogen and oxygen atoms in total. The Hall–Kier alpha value is -1.93. The molecule has 2 aliphatic heterocycles. The Morgan fingerprint density at radius 3 is 2.81 bits per heavy atom. The molecule has 0 spiro atoms. The van der Waals surface area contributed by atoms with E-state index in [2.05, 4.69) is 20.6 Å². The standard InChI is InChI=1S/C18H29N5O3/c1-3-26-18(25)13-6-4-5-7-14(13)20-17(24)15-8-9-16(22(2)21-15)23-11-10-19-12-23/h16,19H,3-12H2,1-2H3,(H,20,24). The number of nitrogens with one attached hydrogen (secondary N) is 2. The lowest BCUT2D eigenvalue weighted by Crippen LogP contribution is -2.48. The van der Waals surface area contributed by atoms with Crippen molar-refractivity contribution in [1.82, 2.24) is 20.5 Å². The van der Waals surface area contributed by atoms with Gasteiger partial charge in [-0.2, -0.15) is 5.10 Å². The summed E-state index contributed by atoms with van der Waals surface area (Å²) in [4.78, 5) is 27.1. The van der Waals surface area contributed by atoms with Crippen LogP contribution >= 0.6 is 0 Å². The minimum Gasteiger partial charge on any atom is -0.463 e. The van der Waals surface area contributed by atoms with Gasteiger partial charge in [0.15, 0.2) is 0 Å². The zero-order valence-corrected chi connectivity index (χ0v) is 15.7. The lowest BCUT2D eigenvalue weighted by Gasteiger charge is -2.36. The van der Waals surface area contributed by atoms with Crippen LogP contribution in [0.2, 0.25) is 0 Å². The lowest BCUT2D eigenvalue weighted by atomic mass is 9.96. The fourth-order valence-electron chi connectivity index (χ4n) is 3.81. The van der Waals surface area contributed by atoms with Crippen LogP contribution in [0.4, 0.5) is 0 Å². The molecule has 1 saturated heterocycles. The quantitative estimate of drug-likeness (QED) is 0.702. The minimum absolute atomic E-state index is 0.200. The molecule has 0 aromatic rings. The van der Waals surface area contributed by atoms with Gasteiger partial charge in [0.25, 0.3) is 5.91 Å². The SMILES string of the molecule is CCOC(=O)C1=C(NC(=O)C2=NN(C)C(N3CCNC3)CC2)CCCC1. The van der Waals surface area contributed by atoms with Crippen molar-refractivity contribution in [3.8, 4) is 0 Å². The highest BCUT2D eigenvalue weighted by molar-refractivity contribution is 6.39. The first kappa shape index (κ1) is 18.8. The molecule has 0 aromatic heterocycles. The van der Waals surface area contributed by atoms with Gasteiger partial charge in [0.2, 0.25) is 0 Å². The first-order valence-electron chi connectivity index (χ1n) is 9.55. The van der Waals surface area contributed by atoms with E-state index in [0.717, 1.165) is 39.0 Å². The van der Waals surface area contributed by atoms with Gasteiger partial charge in [-0.25, -0.2) is 4.79 Å². The third-order valence-corrected chi connectivity index (χ3v) is 5.18. The van der Waals surface area contributed by atoms with Crippen LogP contribution in [0.3, 0.4) is 0 Å². The second-order valence-electron chi connectivity index (χ2n) is 6.95. The zero-order chi connectivity index (χ0) is 18.5. The zero-order valence-electron chi connectivity index (χ0n) is 15.7. The van der Waals surface area contributed by atoms with Crippen LogP contribution in [0.5, 0.6) is 0 Å². The van der Waals surface area contributed by atoms with E-state index in [9.17, 15) is 9.59 Å². The normalized spacial score (nSPS) is 24.5. The summed E-state index contributed by atoms with van der Waals surface area (Å²) < 4.78 is 5.13. The second kappa shape index (κ2) is 8.64. The summed E-state index contributed by atoms with van der Waals surface area (Å²) in [6, 6.07) is 0. The van der Waals surface area contributed by atoms with Gasteiger partial charge in [-0.15, -0.1) is 0 Å². The van der Waals surface area contributed by atoms with Crippen molar-refractivity contribution in [2.75, 3.05) is 33.4 Å². The maximum Gasteiger partial charge on any atom is 0.335 e. The molecule has 8 heteroatoms. The second-order valence-corrected chi connectivity index (χ2v) is 6.95. The molecule has 0 aromatic carbocycles. The van der Waals surface area contributed by atoms with Crippen molar-refractivity contribution < 1.29 is 14.3 Å². The van der Waals surface area contributed by atoms with E-state index in [1.807, 2.05) is 12.1 Å². The lowest BCUT2D eigenvalue weighted by molar-refractivity contribution is -0.138. The van der Waals surface area contributed by atoms with Crippen LogP contribution in [0.15, 0.2) is 16.4 Å². The van der Waals surface area contributed by atoms with Crippen molar-refractivity contribution in [3.05, 3.63) is 11.3 Å². The summed E-state index contributed by atoms with van der Waals surface area (Å²) in [7, 11) is 1.92. The Kier molecular flexibility index (Phi) is 6.26. The van der Waals surface area contributed by atoms with Crippen LogP contribution in [-0.4, -0.2) is 67.1 Å². The highest BCUT2D eigenvalue weighted by Gasteiger charge is 2.31. The highest BCUT2D eigenvalue weighted by atomic mass is 16.5. The third kappa shape index (κ3) is 4.24. The Balaban J connectivity index is 1.67. The smallest absolute Gasteiger partial charge is 0.335 e. The van der Waals surface area contributed by atoms with Gasteiger partial charge in [-0.05, 0) is 39.0 Å². The van der Waals surface area contributed by atoms with E-state index >= 15 is 0 Å². The third-order valence-electron chi connectivity index (χ3n) is 5.18. The molecule has 1 fully saturated rings. The van der Waals surface area contributed by atoms with Crippen LogP contribution < -0.4 is 10.6 Å². The average Bonchev–Trinajstić information content (AvgIpc) is 3.16. The molecule has 2 N–H and O–H groups in total. The number of esters is 1. The maximum absolute atomic E-state index is 12.7. The number of rotatable bonds is 5. The van der Waals surface area contributed by atoms with E-state index in [0.29, 0.717) is 42.9 Å². The molecule has 2 heterocycles. The van der Waals surface area contributed by atoms with Crippen molar-refractivity contribution in [2.45, 2.75) is 51.6 Å². The number of nitrogens with zero attached hydrogens (tertiary/aromatic N) is 3. The van der Waals surface area contributed by atoms with Gasteiger partial charge in [0.1, 0.15) is 5.71 Å². The summed E-state index contributed by atoms with van der Waals surface area (Å²) in [5.74, 6) is -0.514. The fourth-order valence-corrected chi connectivity index (χ4v) is 3.81. The predicted octanol–water partition coefficient (Wildman–Crippen LogP) is 0.764. The summed E-state index contributed by atoms with van der Waals surface area (Å²) in [5, 5.41) is 12.7. The van der Waals surface area contributed by atoms with Crippen molar-refractivity contribution >= 4 is 17.6 Å². The van der Waals surface area contributed by atoms with E-state index in [4.69, 9.17) is 4.74 Å². The van der Waals surface area contributed by atoms with Gasteiger partial charge < -0.3 is 15.4 Å². The highest BCUT2D eigenvalue weighted by Crippen LogP contribution is 2.25. The van der Waals surface area contributed by atoms with Crippen LogP contribution in [0, 0.1) is 0 Å². The van der Waals surface area contributed by atoms with E-state index in [-0.39, 0.29) is 18.0 Å². The molecule has 1 atom stereocenters. The van der Waals surface area contributed by atoms with Gasteiger partial charge in [-0.3, -0.25) is 14.7 Å². The number of hydrazone groups is 1. The molecule has 26 heavy (non-hydrogen) atoms. The molecular weight excluding hydrogens is 334 g/mol. The molecule has 3 rings (SSSR count). The molecular formula is C18H29N5O3. The van der Waals surface area contributed by atoms with Gasteiger partial charge in [-0.1, -0.05) is 0 Å². The Morgan fingerprint density at radius 1 is 1.31 bits per heavy atom. The van der Waals surface area contributed by atoms with Crippen LogP contribution in [-0.2, 0) is 14.3 Å². The van der Waals surface area contributed by atoms with Crippen molar-refractivity contribution in [3.63, 3.8) is 0 Å². The number of allylic oxidation sites excluding steroid dienone is 1. The first-order chi connectivity index (χ1) is 12.6. The van der Waals surface area contributed by atoms with Gasteiger partial charge in [0.05, 0.1) is 25.0 Å². The molecule has 1 aliphatic carbocycles. The largest absolute Gasteiger partial charge is 0.463 e. The summed E-state index contributed by atoms with van der Waals surface area (Å²) in [6.07, 6.45) is 5.01. The first-order valence-corrected chi connectivity index (χ1v) is 9.55. The summed E-state index contributed by atoms with van der Waals surface area (Å²) >= 11 is 0. The Morgan fingerprint density at radius 2 is 2.12 bits per heavy atom. The Labute approximate surface area is 154 Å². The number of carbonyl (C=O) groups excluding carboxylic acids is 2. The monoisotopic (exact) mass is 363 g/mol. The Bertz CT molecular complexity index is 610. The van der Waals surface area contributed by atoms with Gasteiger partial charge in [0, 0.05) is 32.3 Å². The van der Waals surface area contributed by atoms with Gasteiger partial charge >= 0.3 is 5.97 Å². The topological polar surface area (TPSA) is 86.3 Å². The van der Waals surface area contributed by atoms with Crippen molar-refractivity contribution in [2.24, 2.45) is 5.10 Å². The summed E-state index contributed by atoms with van der Waals surface area (Å²) in [5.41, 5.74) is 1.84. The minimum atomic E-state index is -0.313. The molecule has 1 amide bonds. The van der Waals surface area contributed by atoms with Crippen molar-refractivity contribution in [1.29, 1.82) is 0 Å². The average molecular weight is 363 g/mol. The number of hydrogen-bond acceptors (Lipinski definition) is 7. The number of hydrogen-bond donors (Lipinski definition) is 2. The molecule has 0 saturated carbocycles. The summed E-state index contributed by atoms with van der Waals surface area (Å²) in [6.45, 7) is 4.99. The van der Waals surface area contributed by atoms with Crippen LogP contribution in [0.1, 0.15) is 45.4 Å². The molecule has 1 unspecified atom stereocenters. The molecule has 0 radical (unpaired) electrons. The van der Waals surface area contributed by atoms with E-state index < -0.39 is 0 Å². The molecule has 0 bridgehead atoms. The van der Waals surface area contributed by atoms with E-state index in [1.54, 1.807) is 6.92 Å². The maximum atomic E-state index is 12.7. The predicted molar refractivity (Wildman–Crippen MR) is 98.1 cm³/mol. The van der Waals surface area contributed by atoms with E-state index in [1.165, 1.54) is 0 Å². The van der Waals surface area contributed by atoms with Crippen LogP contribution in [0.25, 0.3) is 0 Å². The molecule has 3 aliphatic rings. The number of ether oxygens (including phenoxy) is 1. The number of carbonyl (C=O) groups is 2. The fraction of sp³-hybridized carbons (Fsp3) is 0.722. The molecule has 144 valence electrons. The number of amides is 1.